The number of hydrogen-bond donors (Lipinski definition) is 3. The van der Waals surface area contributed by atoms with Gasteiger partial charge in [0, 0.05) is 24.5 Å². The van der Waals surface area contributed by atoms with E-state index < -0.39 is 6.10 Å². The van der Waals surface area contributed by atoms with Crippen LogP contribution in [0.1, 0.15) is 22.8 Å². The molecule has 0 spiro atoms. The zero-order valence-electron chi connectivity index (χ0n) is 16.5. The molecule has 1 aromatic heterocycles. The van der Waals surface area contributed by atoms with Gasteiger partial charge in [0.05, 0.1) is 11.6 Å². The molecular formula is C25H24N2O3. The van der Waals surface area contributed by atoms with E-state index in [4.69, 9.17) is 4.74 Å². The maximum absolute atomic E-state index is 11.9. The van der Waals surface area contributed by atoms with E-state index in [-0.39, 0.29) is 5.56 Å². The Bertz CT molecular complexity index is 1160. The molecule has 30 heavy (non-hydrogen) atoms. The van der Waals surface area contributed by atoms with Crippen LogP contribution in [0, 0.1) is 0 Å². The van der Waals surface area contributed by atoms with E-state index in [1.807, 2.05) is 66.7 Å². The highest BCUT2D eigenvalue weighted by Crippen LogP contribution is 2.30. The van der Waals surface area contributed by atoms with Gasteiger partial charge < -0.3 is 20.1 Å². The van der Waals surface area contributed by atoms with Gasteiger partial charge >= 0.3 is 0 Å². The first-order valence-corrected chi connectivity index (χ1v) is 9.96. The summed E-state index contributed by atoms with van der Waals surface area (Å²) in [5, 5.41) is 14.8. The number of aromatic nitrogens is 1. The van der Waals surface area contributed by atoms with Gasteiger partial charge in [-0.05, 0) is 28.8 Å². The average Bonchev–Trinajstić information content (AvgIpc) is 2.78. The van der Waals surface area contributed by atoms with Gasteiger partial charge in [-0.1, -0.05) is 66.7 Å². The van der Waals surface area contributed by atoms with Gasteiger partial charge in [-0.3, -0.25) is 4.79 Å². The average molecular weight is 400 g/mol. The second-order valence-corrected chi connectivity index (χ2v) is 7.17. The van der Waals surface area contributed by atoms with Crippen LogP contribution in [-0.4, -0.2) is 16.6 Å². The Kier molecular flexibility index (Phi) is 6.23. The molecule has 0 bridgehead atoms. The monoisotopic (exact) mass is 400 g/mol. The number of fused-ring (bicyclic) bond motifs is 1. The minimum atomic E-state index is -0.717. The fourth-order valence-corrected chi connectivity index (χ4v) is 3.45. The van der Waals surface area contributed by atoms with Crippen LogP contribution in [0.4, 0.5) is 0 Å². The molecule has 0 fully saturated rings. The van der Waals surface area contributed by atoms with E-state index in [0.717, 1.165) is 22.1 Å². The van der Waals surface area contributed by atoms with Gasteiger partial charge in [0.1, 0.15) is 12.4 Å². The lowest BCUT2D eigenvalue weighted by Crippen LogP contribution is -2.21. The molecule has 0 radical (unpaired) electrons. The first-order chi connectivity index (χ1) is 14.7. The molecule has 4 rings (SSSR count). The Balaban J connectivity index is 1.53. The number of pyridine rings is 1. The molecule has 0 amide bonds. The molecule has 152 valence electrons. The highest BCUT2D eigenvalue weighted by atomic mass is 16.5. The summed E-state index contributed by atoms with van der Waals surface area (Å²) in [6.45, 7) is 1.46. The molecule has 1 heterocycles. The molecule has 0 aliphatic carbocycles. The molecule has 3 N–H and O–H groups in total. The van der Waals surface area contributed by atoms with Crippen molar-refractivity contribution < 1.29 is 9.84 Å². The van der Waals surface area contributed by atoms with Gasteiger partial charge in [0.15, 0.2) is 0 Å². The minimum Gasteiger partial charge on any atom is -0.487 e. The number of aliphatic hydroxyl groups excluding tert-OH is 1. The van der Waals surface area contributed by atoms with Gasteiger partial charge in [0.2, 0.25) is 5.56 Å². The number of benzene rings is 3. The Morgan fingerprint density at radius 2 is 1.57 bits per heavy atom. The van der Waals surface area contributed by atoms with Gasteiger partial charge in [0.25, 0.3) is 0 Å². The zero-order valence-corrected chi connectivity index (χ0v) is 16.5. The zero-order chi connectivity index (χ0) is 20.8. The molecule has 1 unspecified atom stereocenters. The van der Waals surface area contributed by atoms with Crippen molar-refractivity contribution in [3.05, 3.63) is 112 Å². The first-order valence-electron chi connectivity index (χ1n) is 9.96. The lowest BCUT2D eigenvalue weighted by Gasteiger charge is -2.17. The van der Waals surface area contributed by atoms with Crippen LogP contribution in [-0.2, 0) is 13.2 Å². The number of rotatable bonds is 8. The number of H-pyrrole nitrogens is 1. The molecule has 0 aliphatic rings. The minimum absolute atomic E-state index is 0.207. The molecule has 0 saturated heterocycles. The predicted molar refractivity (Wildman–Crippen MR) is 118 cm³/mol. The van der Waals surface area contributed by atoms with Crippen LogP contribution in [0.5, 0.6) is 5.75 Å². The quantitative estimate of drug-likeness (QED) is 0.419. The molecule has 0 saturated carbocycles. The smallest absolute Gasteiger partial charge is 0.248 e. The Labute approximate surface area is 175 Å². The summed E-state index contributed by atoms with van der Waals surface area (Å²) in [6, 6.07) is 26.8. The third kappa shape index (κ3) is 4.76. The van der Waals surface area contributed by atoms with Gasteiger partial charge in [-0.15, -0.1) is 0 Å². The maximum atomic E-state index is 11.9. The number of ether oxygens (including phenoxy) is 1. The van der Waals surface area contributed by atoms with Crippen molar-refractivity contribution >= 4 is 10.9 Å². The van der Waals surface area contributed by atoms with E-state index >= 15 is 0 Å². The Morgan fingerprint density at radius 1 is 0.867 bits per heavy atom. The van der Waals surface area contributed by atoms with Crippen molar-refractivity contribution in [1.29, 1.82) is 0 Å². The van der Waals surface area contributed by atoms with E-state index in [9.17, 15) is 9.90 Å². The maximum Gasteiger partial charge on any atom is 0.248 e. The SMILES string of the molecule is O=c1ccc2c(C(O)CNCc3ccccc3)ccc(OCc3ccccc3)c2[nH]1. The molecule has 4 aromatic rings. The first kappa shape index (κ1) is 19.9. The van der Waals surface area contributed by atoms with Crippen LogP contribution in [0.25, 0.3) is 10.9 Å². The number of hydrogen-bond acceptors (Lipinski definition) is 4. The third-order valence-electron chi connectivity index (χ3n) is 5.00. The Morgan fingerprint density at radius 3 is 2.30 bits per heavy atom. The standard InChI is InChI=1S/C25H24N2O3/c28-22(16-26-15-18-7-3-1-4-8-18)20-11-13-23(25-21(20)12-14-24(29)27-25)30-17-19-9-5-2-6-10-19/h1-14,22,26,28H,15-17H2,(H,27,29). The van der Waals surface area contributed by atoms with Gasteiger partial charge in [-0.25, -0.2) is 0 Å². The van der Waals surface area contributed by atoms with Crippen LogP contribution in [0.15, 0.2) is 89.7 Å². The molecule has 1 atom stereocenters. The van der Waals surface area contributed by atoms with Crippen LogP contribution >= 0.6 is 0 Å². The summed E-state index contributed by atoms with van der Waals surface area (Å²) in [5.74, 6) is 0.583. The second-order valence-electron chi connectivity index (χ2n) is 7.17. The van der Waals surface area contributed by atoms with Crippen molar-refractivity contribution in [3.63, 3.8) is 0 Å². The molecular weight excluding hydrogens is 376 g/mol. The molecule has 0 aliphatic heterocycles. The Hall–Kier alpha value is -3.41. The highest BCUT2D eigenvalue weighted by Gasteiger charge is 2.15. The third-order valence-corrected chi connectivity index (χ3v) is 5.00. The lowest BCUT2D eigenvalue weighted by molar-refractivity contribution is 0.176. The summed E-state index contributed by atoms with van der Waals surface area (Å²) in [4.78, 5) is 14.8. The van der Waals surface area contributed by atoms with Crippen molar-refractivity contribution in [1.82, 2.24) is 10.3 Å². The van der Waals surface area contributed by atoms with E-state index in [1.54, 1.807) is 12.1 Å². The summed E-state index contributed by atoms with van der Waals surface area (Å²) in [5.41, 5.74) is 3.33. The van der Waals surface area contributed by atoms with Crippen LogP contribution < -0.4 is 15.6 Å². The largest absolute Gasteiger partial charge is 0.487 e. The molecule has 5 heteroatoms. The summed E-state index contributed by atoms with van der Waals surface area (Å²) in [6.07, 6.45) is -0.717. The van der Waals surface area contributed by atoms with Crippen molar-refractivity contribution in [2.24, 2.45) is 0 Å². The summed E-state index contributed by atoms with van der Waals surface area (Å²) >= 11 is 0. The fraction of sp³-hybridized carbons (Fsp3) is 0.160. The molecule has 3 aromatic carbocycles. The van der Waals surface area contributed by atoms with Crippen molar-refractivity contribution in [2.45, 2.75) is 19.3 Å². The number of aromatic amines is 1. The fourth-order valence-electron chi connectivity index (χ4n) is 3.45. The van der Waals surface area contributed by atoms with Crippen LogP contribution in [0.2, 0.25) is 0 Å². The van der Waals surface area contributed by atoms with E-state index in [2.05, 4.69) is 10.3 Å². The molecule has 5 nitrogen and oxygen atoms in total. The lowest BCUT2D eigenvalue weighted by atomic mass is 10.0. The van der Waals surface area contributed by atoms with Crippen molar-refractivity contribution in [3.8, 4) is 5.75 Å². The van der Waals surface area contributed by atoms with Crippen molar-refractivity contribution in [2.75, 3.05) is 6.54 Å². The highest BCUT2D eigenvalue weighted by molar-refractivity contribution is 5.87. The second kappa shape index (κ2) is 9.39. The van der Waals surface area contributed by atoms with E-state index in [0.29, 0.717) is 31.0 Å². The van der Waals surface area contributed by atoms with E-state index in [1.165, 1.54) is 6.07 Å². The van der Waals surface area contributed by atoms with Crippen LogP contribution in [0.3, 0.4) is 0 Å². The number of nitrogens with one attached hydrogen (secondary N) is 2. The normalized spacial score (nSPS) is 12.0. The number of aliphatic hydroxyl groups is 1. The topological polar surface area (TPSA) is 74.3 Å². The summed E-state index contributed by atoms with van der Waals surface area (Å²) < 4.78 is 5.97. The summed E-state index contributed by atoms with van der Waals surface area (Å²) in [7, 11) is 0. The predicted octanol–water partition coefficient (Wildman–Crippen LogP) is 3.93. The van der Waals surface area contributed by atoms with Gasteiger partial charge in [-0.2, -0.15) is 0 Å².